The Bertz CT molecular complexity index is 293. The van der Waals surface area contributed by atoms with Crippen LogP contribution >= 0.6 is 0 Å². The van der Waals surface area contributed by atoms with Gasteiger partial charge < -0.3 is 15.7 Å². The van der Waals surface area contributed by atoms with Crippen LogP contribution in [-0.2, 0) is 9.59 Å². The third-order valence-corrected chi connectivity index (χ3v) is 3.28. The van der Waals surface area contributed by atoms with Gasteiger partial charge in [0, 0.05) is 6.54 Å². The highest BCUT2D eigenvalue weighted by atomic mass is 16.4. The number of hydrogen-bond donors (Lipinski definition) is 2. The molecule has 0 spiro atoms. The third kappa shape index (κ3) is 2.19. The van der Waals surface area contributed by atoms with Gasteiger partial charge in [0.2, 0.25) is 5.91 Å². The van der Waals surface area contributed by atoms with Gasteiger partial charge >= 0.3 is 5.97 Å². The van der Waals surface area contributed by atoms with Crippen LogP contribution in [0.25, 0.3) is 0 Å². The predicted molar refractivity (Wildman–Crippen MR) is 59.9 cm³/mol. The molecule has 0 saturated carbocycles. The fourth-order valence-corrected chi connectivity index (χ4v) is 2.17. The number of nitrogens with two attached hydrogens (primary N) is 1. The maximum absolute atomic E-state index is 12.0. The summed E-state index contributed by atoms with van der Waals surface area (Å²) in [6.45, 7) is 4.05. The first-order chi connectivity index (χ1) is 7.43. The Morgan fingerprint density at radius 3 is 2.69 bits per heavy atom. The Kier molecular flexibility index (Phi) is 3.91. The molecule has 0 radical (unpaired) electrons. The van der Waals surface area contributed by atoms with E-state index in [0.29, 0.717) is 19.4 Å². The third-order valence-electron chi connectivity index (χ3n) is 3.28. The van der Waals surface area contributed by atoms with Crippen molar-refractivity contribution in [1.82, 2.24) is 4.90 Å². The minimum absolute atomic E-state index is 0.232. The Morgan fingerprint density at radius 1 is 1.56 bits per heavy atom. The molecule has 1 amide bonds. The molecule has 92 valence electrons. The highest BCUT2D eigenvalue weighted by Gasteiger charge is 2.46. The zero-order valence-electron chi connectivity index (χ0n) is 9.90. The second-order valence-corrected chi connectivity index (χ2v) is 4.57. The number of nitrogens with zero attached hydrogens (tertiary/aromatic N) is 1. The molecule has 1 rings (SSSR count). The summed E-state index contributed by atoms with van der Waals surface area (Å²) in [6.07, 6.45) is 2.66. The molecule has 0 aliphatic carbocycles. The van der Waals surface area contributed by atoms with Gasteiger partial charge in [0.25, 0.3) is 0 Å². The molecule has 0 bridgehead atoms. The Hall–Kier alpha value is -1.10. The van der Waals surface area contributed by atoms with Crippen molar-refractivity contribution in [2.24, 2.45) is 5.73 Å². The largest absolute Gasteiger partial charge is 0.480 e. The van der Waals surface area contributed by atoms with Crippen molar-refractivity contribution in [3.8, 4) is 0 Å². The van der Waals surface area contributed by atoms with Gasteiger partial charge in [-0.1, -0.05) is 13.3 Å². The molecule has 3 N–H and O–H groups in total. The molecular formula is C11H20N2O3. The molecule has 2 unspecified atom stereocenters. The van der Waals surface area contributed by atoms with Gasteiger partial charge in [-0.2, -0.15) is 0 Å². The van der Waals surface area contributed by atoms with Crippen molar-refractivity contribution in [2.75, 3.05) is 6.54 Å². The van der Waals surface area contributed by atoms with Crippen LogP contribution in [-0.4, -0.2) is 40.0 Å². The number of carbonyl (C=O) groups excluding carboxylic acids is 1. The first kappa shape index (κ1) is 13.0. The van der Waals surface area contributed by atoms with Gasteiger partial charge in [0.1, 0.15) is 5.54 Å². The minimum Gasteiger partial charge on any atom is -0.480 e. The van der Waals surface area contributed by atoms with E-state index in [1.165, 1.54) is 4.90 Å². The van der Waals surface area contributed by atoms with E-state index in [-0.39, 0.29) is 5.91 Å². The highest BCUT2D eigenvalue weighted by Crippen LogP contribution is 2.29. The van der Waals surface area contributed by atoms with E-state index in [1.54, 1.807) is 6.92 Å². The minimum atomic E-state index is -1.07. The summed E-state index contributed by atoms with van der Waals surface area (Å²) in [6, 6.07) is -0.568. The second-order valence-electron chi connectivity index (χ2n) is 4.57. The number of likely N-dealkylation sites (tertiary alicyclic amines) is 1. The Balaban J connectivity index is 2.79. The molecule has 0 aromatic carbocycles. The van der Waals surface area contributed by atoms with E-state index >= 15 is 0 Å². The summed E-state index contributed by atoms with van der Waals surface area (Å²) in [5.74, 6) is -1.17. The maximum atomic E-state index is 12.0. The molecule has 1 aliphatic heterocycles. The van der Waals surface area contributed by atoms with Crippen LogP contribution in [0, 0.1) is 0 Å². The summed E-state index contributed by atoms with van der Waals surface area (Å²) in [4.78, 5) is 24.6. The fraction of sp³-hybridized carbons (Fsp3) is 0.818. The number of carboxylic acid groups (broad SMARTS) is 1. The van der Waals surface area contributed by atoms with Crippen LogP contribution in [0.5, 0.6) is 0 Å². The first-order valence-electron chi connectivity index (χ1n) is 5.74. The van der Waals surface area contributed by atoms with Crippen LogP contribution in [0.15, 0.2) is 0 Å². The SMILES string of the molecule is CCCC(N)C(=O)N1CCCC1(C)C(=O)O. The Labute approximate surface area is 95.6 Å². The first-order valence-corrected chi connectivity index (χ1v) is 5.74. The normalized spacial score (nSPS) is 26.8. The molecular weight excluding hydrogens is 208 g/mol. The van der Waals surface area contributed by atoms with Crippen molar-refractivity contribution in [1.29, 1.82) is 0 Å². The lowest BCUT2D eigenvalue weighted by molar-refractivity contribution is -0.155. The monoisotopic (exact) mass is 228 g/mol. The van der Waals surface area contributed by atoms with Crippen LogP contribution in [0.3, 0.4) is 0 Å². The van der Waals surface area contributed by atoms with Gasteiger partial charge in [-0.05, 0) is 26.2 Å². The van der Waals surface area contributed by atoms with Crippen LogP contribution in [0.4, 0.5) is 0 Å². The summed E-state index contributed by atoms with van der Waals surface area (Å²) < 4.78 is 0. The quantitative estimate of drug-likeness (QED) is 0.737. The number of amides is 1. The second kappa shape index (κ2) is 4.82. The van der Waals surface area contributed by atoms with Crippen LogP contribution in [0.2, 0.25) is 0 Å². The molecule has 5 heteroatoms. The van der Waals surface area contributed by atoms with E-state index in [2.05, 4.69) is 0 Å². The molecule has 5 nitrogen and oxygen atoms in total. The fourth-order valence-electron chi connectivity index (χ4n) is 2.17. The van der Waals surface area contributed by atoms with E-state index < -0.39 is 17.6 Å². The van der Waals surface area contributed by atoms with Crippen LogP contribution in [0.1, 0.15) is 39.5 Å². The zero-order valence-corrected chi connectivity index (χ0v) is 9.90. The molecule has 0 aromatic rings. The molecule has 1 aliphatic rings. The average molecular weight is 228 g/mol. The molecule has 1 saturated heterocycles. The number of carbonyl (C=O) groups is 2. The summed E-state index contributed by atoms with van der Waals surface area (Å²) >= 11 is 0. The summed E-state index contributed by atoms with van der Waals surface area (Å²) in [5.41, 5.74) is 4.68. The van der Waals surface area contributed by atoms with Crippen molar-refractivity contribution >= 4 is 11.9 Å². The van der Waals surface area contributed by atoms with Gasteiger partial charge in [-0.15, -0.1) is 0 Å². The standard InChI is InChI=1S/C11H20N2O3/c1-3-5-8(12)9(14)13-7-4-6-11(13,2)10(15)16/h8H,3-7,12H2,1-2H3,(H,15,16). The van der Waals surface area contributed by atoms with E-state index in [4.69, 9.17) is 10.8 Å². The number of aliphatic carboxylic acids is 1. The summed E-state index contributed by atoms with van der Waals surface area (Å²) in [7, 11) is 0. The van der Waals surface area contributed by atoms with Gasteiger partial charge in [0.15, 0.2) is 0 Å². The Morgan fingerprint density at radius 2 is 2.19 bits per heavy atom. The molecule has 1 fully saturated rings. The zero-order chi connectivity index (χ0) is 12.3. The van der Waals surface area contributed by atoms with Crippen LogP contribution < -0.4 is 5.73 Å². The topological polar surface area (TPSA) is 83.6 Å². The predicted octanol–water partition coefficient (Wildman–Crippen LogP) is 0.579. The lowest BCUT2D eigenvalue weighted by Crippen LogP contribution is -2.55. The number of carboxylic acids is 1. The number of rotatable bonds is 4. The lowest BCUT2D eigenvalue weighted by Gasteiger charge is -2.33. The van der Waals surface area contributed by atoms with E-state index in [1.807, 2.05) is 6.92 Å². The highest BCUT2D eigenvalue weighted by molar-refractivity contribution is 5.89. The molecule has 1 heterocycles. The molecule has 16 heavy (non-hydrogen) atoms. The summed E-state index contributed by atoms with van der Waals surface area (Å²) in [5, 5.41) is 9.17. The molecule has 0 aromatic heterocycles. The van der Waals surface area contributed by atoms with Gasteiger partial charge in [0.05, 0.1) is 6.04 Å². The number of hydrogen-bond acceptors (Lipinski definition) is 3. The van der Waals surface area contributed by atoms with E-state index in [9.17, 15) is 9.59 Å². The van der Waals surface area contributed by atoms with Crippen molar-refractivity contribution in [2.45, 2.75) is 51.1 Å². The van der Waals surface area contributed by atoms with Crippen molar-refractivity contribution in [3.63, 3.8) is 0 Å². The van der Waals surface area contributed by atoms with Crippen molar-refractivity contribution < 1.29 is 14.7 Å². The lowest BCUT2D eigenvalue weighted by atomic mass is 9.98. The van der Waals surface area contributed by atoms with Gasteiger partial charge in [-0.25, -0.2) is 4.79 Å². The maximum Gasteiger partial charge on any atom is 0.329 e. The van der Waals surface area contributed by atoms with E-state index in [0.717, 1.165) is 12.8 Å². The molecule has 2 atom stereocenters. The van der Waals surface area contributed by atoms with Crippen molar-refractivity contribution in [3.05, 3.63) is 0 Å². The van der Waals surface area contributed by atoms with Gasteiger partial charge in [-0.3, -0.25) is 4.79 Å². The average Bonchev–Trinajstić information content (AvgIpc) is 2.61. The smallest absolute Gasteiger partial charge is 0.329 e.